The maximum absolute atomic E-state index is 11.1. The van der Waals surface area contributed by atoms with Crippen LogP contribution in [0.4, 0.5) is 5.13 Å². The van der Waals surface area contributed by atoms with E-state index < -0.39 is 10.0 Å². The molecule has 1 aromatic rings. The second-order valence-corrected chi connectivity index (χ2v) is 8.26. The summed E-state index contributed by atoms with van der Waals surface area (Å²) in [6.07, 6.45) is 2.43. The number of thiazole rings is 1. The van der Waals surface area contributed by atoms with E-state index in [1.165, 1.54) is 17.8 Å². The first-order valence-electron chi connectivity index (χ1n) is 6.46. The van der Waals surface area contributed by atoms with Crippen molar-refractivity contribution in [3.63, 3.8) is 0 Å². The third-order valence-electron chi connectivity index (χ3n) is 3.15. The number of hydrogen-bond acceptors (Lipinski definition) is 5. The lowest BCUT2D eigenvalue weighted by molar-refractivity contribution is 0.133. The third kappa shape index (κ3) is 4.74. The fraction of sp³-hybridized carbons (Fsp3) is 0.750. The summed E-state index contributed by atoms with van der Waals surface area (Å²) in [5.74, 6) is 1.44. The molecule has 1 aliphatic heterocycles. The van der Waals surface area contributed by atoms with Gasteiger partial charge in [-0.25, -0.2) is 13.4 Å². The van der Waals surface area contributed by atoms with Gasteiger partial charge in [0.15, 0.2) is 5.13 Å². The molecule has 0 unspecified atom stereocenters. The summed E-state index contributed by atoms with van der Waals surface area (Å²) in [5, 5.41) is 2.38. The largest absolute Gasteiger partial charge is 0.297 e. The van der Waals surface area contributed by atoms with E-state index in [4.69, 9.17) is 0 Å². The fourth-order valence-corrected chi connectivity index (χ4v) is 4.29. The van der Waals surface area contributed by atoms with Gasteiger partial charge >= 0.3 is 0 Å². The molecule has 1 aromatic heterocycles. The Labute approximate surface area is 119 Å². The zero-order valence-electron chi connectivity index (χ0n) is 11.6. The van der Waals surface area contributed by atoms with Crippen LogP contribution in [0, 0.1) is 11.8 Å². The van der Waals surface area contributed by atoms with E-state index in [0.29, 0.717) is 5.13 Å². The Kier molecular flexibility index (Phi) is 4.47. The fourth-order valence-electron chi connectivity index (χ4n) is 2.74. The molecular formula is C12H21N3O2S2. The molecule has 1 aliphatic rings. The van der Waals surface area contributed by atoms with E-state index in [0.717, 1.165) is 43.4 Å². The van der Waals surface area contributed by atoms with E-state index in [1.807, 2.05) is 5.38 Å². The summed E-state index contributed by atoms with van der Waals surface area (Å²) >= 11 is 1.34. The molecule has 1 fully saturated rings. The molecule has 1 saturated heterocycles. The summed E-state index contributed by atoms with van der Waals surface area (Å²) in [6.45, 7) is 7.55. The number of sulfonamides is 1. The number of anilines is 1. The van der Waals surface area contributed by atoms with Gasteiger partial charge in [0.1, 0.15) is 0 Å². The van der Waals surface area contributed by atoms with Crippen LogP contribution in [0.25, 0.3) is 0 Å². The molecule has 0 saturated carbocycles. The molecule has 0 radical (unpaired) electrons. The van der Waals surface area contributed by atoms with Crippen LogP contribution in [0.5, 0.6) is 0 Å². The highest BCUT2D eigenvalue weighted by Gasteiger charge is 2.22. The van der Waals surface area contributed by atoms with Crippen LogP contribution in [0.15, 0.2) is 5.38 Å². The summed E-state index contributed by atoms with van der Waals surface area (Å²) in [7, 11) is -3.23. The molecule has 7 heteroatoms. The number of nitrogens with zero attached hydrogens (tertiary/aromatic N) is 2. The van der Waals surface area contributed by atoms with Gasteiger partial charge in [0, 0.05) is 25.0 Å². The Morgan fingerprint density at radius 1 is 1.42 bits per heavy atom. The van der Waals surface area contributed by atoms with Crippen molar-refractivity contribution >= 4 is 26.5 Å². The molecule has 19 heavy (non-hydrogen) atoms. The van der Waals surface area contributed by atoms with Crippen molar-refractivity contribution in [1.82, 2.24) is 9.88 Å². The molecule has 0 spiro atoms. The first kappa shape index (κ1) is 14.7. The van der Waals surface area contributed by atoms with Crippen LogP contribution >= 0.6 is 11.3 Å². The molecule has 0 bridgehead atoms. The molecule has 5 nitrogen and oxygen atoms in total. The van der Waals surface area contributed by atoms with Crippen molar-refractivity contribution in [2.24, 2.45) is 11.8 Å². The molecular weight excluding hydrogens is 282 g/mol. The Hall–Kier alpha value is -0.660. The lowest BCUT2D eigenvalue weighted by Crippen LogP contribution is -2.38. The third-order valence-corrected chi connectivity index (χ3v) is 4.65. The molecule has 0 amide bonds. The number of likely N-dealkylation sites (tertiary alicyclic amines) is 1. The topological polar surface area (TPSA) is 62.3 Å². The lowest BCUT2D eigenvalue weighted by Gasteiger charge is -2.34. The van der Waals surface area contributed by atoms with Crippen molar-refractivity contribution in [2.75, 3.05) is 24.1 Å². The average Bonchev–Trinajstić information content (AvgIpc) is 2.60. The van der Waals surface area contributed by atoms with Gasteiger partial charge in [-0.05, 0) is 18.3 Å². The second-order valence-electron chi connectivity index (χ2n) is 5.66. The van der Waals surface area contributed by atoms with Gasteiger partial charge < -0.3 is 0 Å². The number of rotatable bonds is 4. The summed E-state index contributed by atoms with van der Waals surface area (Å²) in [4.78, 5) is 6.73. The Morgan fingerprint density at radius 2 is 2.05 bits per heavy atom. The smallest absolute Gasteiger partial charge is 0.231 e. The molecule has 0 aromatic carbocycles. The van der Waals surface area contributed by atoms with Crippen molar-refractivity contribution in [3.8, 4) is 0 Å². The zero-order chi connectivity index (χ0) is 14.0. The SMILES string of the molecule is C[C@@H]1C[C@H](C)CN(Cc2csc(NS(C)(=O)=O)n2)C1. The minimum absolute atomic E-state index is 0.454. The highest BCUT2D eigenvalue weighted by Crippen LogP contribution is 2.24. The van der Waals surface area contributed by atoms with E-state index in [-0.39, 0.29) is 0 Å². The van der Waals surface area contributed by atoms with Crippen LogP contribution in [0.1, 0.15) is 26.0 Å². The van der Waals surface area contributed by atoms with Gasteiger partial charge in [0.25, 0.3) is 0 Å². The molecule has 108 valence electrons. The molecule has 1 N–H and O–H groups in total. The number of piperidine rings is 1. The minimum Gasteiger partial charge on any atom is -0.297 e. The van der Waals surface area contributed by atoms with Crippen molar-refractivity contribution < 1.29 is 8.42 Å². The maximum atomic E-state index is 11.1. The maximum Gasteiger partial charge on any atom is 0.231 e. The Morgan fingerprint density at radius 3 is 2.63 bits per heavy atom. The first-order valence-corrected chi connectivity index (χ1v) is 9.23. The van der Waals surface area contributed by atoms with Crippen molar-refractivity contribution in [2.45, 2.75) is 26.8 Å². The second kappa shape index (κ2) is 5.76. The summed E-state index contributed by atoms with van der Waals surface area (Å²) < 4.78 is 24.7. The Bertz CT molecular complexity index is 517. The van der Waals surface area contributed by atoms with Gasteiger partial charge in [0.2, 0.25) is 10.0 Å². The normalized spacial score (nSPS) is 25.4. The first-order chi connectivity index (χ1) is 8.82. The monoisotopic (exact) mass is 303 g/mol. The van der Waals surface area contributed by atoms with E-state index in [2.05, 4.69) is 28.5 Å². The number of hydrogen-bond donors (Lipinski definition) is 1. The van der Waals surface area contributed by atoms with Crippen LogP contribution in [-0.4, -0.2) is 37.6 Å². The van der Waals surface area contributed by atoms with Gasteiger partial charge in [-0.15, -0.1) is 11.3 Å². The zero-order valence-corrected chi connectivity index (χ0v) is 13.2. The van der Waals surface area contributed by atoms with E-state index in [1.54, 1.807) is 0 Å². The van der Waals surface area contributed by atoms with Crippen LogP contribution < -0.4 is 4.72 Å². The highest BCUT2D eigenvalue weighted by molar-refractivity contribution is 7.92. The van der Waals surface area contributed by atoms with Crippen LogP contribution in [0.3, 0.4) is 0 Å². The van der Waals surface area contributed by atoms with Crippen molar-refractivity contribution in [1.29, 1.82) is 0 Å². The van der Waals surface area contributed by atoms with E-state index >= 15 is 0 Å². The quantitative estimate of drug-likeness (QED) is 0.924. The highest BCUT2D eigenvalue weighted by atomic mass is 32.2. The predicted molar refractivity (Wildman–Crippen MR) is 78.8 cm³/mol. The van der Waals surface area contributed by atoms with E-state index in [9.17, 15) is 8.42 Å². The minimum atomic E-state index is -3.23. The lowest BCUT2D eigenvalue weighted by atomic mass is 9.92. The molecule has 2 heterocycles. The number of aromatic nitrogens is 1. The average molecular weight is 303 g/mol. The van der Waals surface area contributed by atoms with Gasteiger partial charge in [-0.2, -0.15) is 0 Å². The Balaban J connectivity index is 1.96. The summed E-state index contributed by atoms with van der Waals surface area (Å²) in [5.41, 5.74) is 0.942. The van der Waals surface area contributed by atoms with Crippen molar-refractivity contribution in [3.05, 3.63) is 11.1 Å². The van der Waals surface area contributed by atoms with Gasteiger partial charge in [0.05, 0.1) is 11.9 Å². The standard InChI is InChI=1S/C12H21N3O2S2/c1-9-4-10(2)6-15(5-9)7-11-8-18-12(13-11)14-19(3,16)17/h8-10H,4-7H2,1-3H3,(H,13,14)/t9-,10+. The number of nitrogens with one attached hydrogen (secondary N) is 1. The van der Waals surface area contributed by atoms with Crippen LogP contribution in [0.2, 0.25) is 0 Å². The van der Waals surface area contributed by atoms with Gasteiger partial charge in [-0.1, -0.05) is 13.8 Å². The molecule has 0 aliphatic carbocycles. The summed E-state index contributed by atoms with van der Waals surface area (Å²) in [6, 6.07) is 0. The molecule has 2 atom stereocenters. The predicted octanol–water partition coefficient (Wildman–Crippen LogP) is 1.99. The van der Waals surface area contributed by atoms with Gasteiger partial charge in [-0.3, -0.25) is 9.62 Å². The van der Waals surface area contributed by atoms with Crippen LogP contribution in [-0.2, 0) is 16.6 Å². The molecule has 2 rings (SSSR count).